The number of nitrogens with two attached hydrogens (primary N) is 1. The molecule has 1 fully saturated rings. The van der Waals surface area contributed by atoms with Gasteiger partial charge in [0.25, 0.3) is 0 Å². The SMILES string of the molecule is NCc1cncn1CC1COCCO1. The number of imidazole rings is 1. The largest absolute Gasteiger partial charge is 0.376 e. The van der Waals surface area contributed by atoms with E-state index in [1.54, 1.807) is 12.5 Å². The van der Waals surface area contributed by atoms with Gasteiger partial charge < -0.3 is 19.8 Å². The molecule has 0 radical (unpaired) electrons. The normalized spacial score (nSPS) is 22.5. The molecular weight excluding hydrogens is 182 g/mol. The molecule has 1 aromatic heterocycles. The van der Waals surface area contributed by atoms with Crippen molar-refractivity contribution in [3.05, 3.63) is 18.2 Å². The van der Waals surface area contributed by atoms with Gasteiger partial charge in [0, 0.05) is 12.7 Å². The van der Waals surface area contributed by atoms with Crippen LogP contribution in [0, 0.1) is 0 Å². The molecular formula is C9H15N3O2. The van der Waals surface area contributed by atoms with Crippen LogP contribution in [0.5, 0.6) is 0 Å². The van der Waals surface area contributed by atoms with E-state index < -0.39 is 0 Å². The molecule has 1 saturated heterocycles. The minimum Gasteiger partial charge on any atom is -0.376 e. The maximum atomic E-state index is 5.57. The molecule has 0 aliphatic carbocycles. The third kappa shape index (κ3) is 2.12. The number of hydrogen-bond donors (Lipinski definition) is 1. The highest BCUT2D eigenvalue weighted by Gasteiger charge is 2.15. The van der Waals surface area contributed by atoms with Crippen molar-refractivity contribution in [3.63, 3.8) is 0 Å². The maximum absolute atomic E-state index is 5.57. The van der Waals surface area contributed by atoms with Crippen molar-refractivity contribution >= 4 is 0 Å². The van der Waals surface area contributed by atoms with Crippen LogP contribution in [-0.4, -0.2) is 35.5 Å². The zero-order chi connectivity index (χ0) is 9.80. The smallest absolute Gasteiger partial charge is 0.0988 e. The van der Waals surface area contributed by atoms with Crippen molar-refractivity contribution in [2.24, 2.45) is 5.73 Å². The lowest BCUT2D eigenvalue weighted by Gasteiger charge is -2.23. The molecule has 1 atom stereocenters. The quantitative estimate of drug-likeness (QED) is 0.726. The van der Waals surface area contributed by atoms with Gasteiger partial charge in [-0.3, -0.25) is 0 Å². The van der Waals surface area contributed by atoms with Crippen LogP contribution in [0.1, 0.15) is 5.69 Å². The lowest BCUT2D eigenvalue weighted by atomic mass is 10.3. The van der Waals surface area contributed by atoms with Crippen LogP contribution in [0.15, 0.2) is 12.5 Å². The fourth-order valence-electron chi connectivity index (χ4n) is 1.54. The molecule has 2 rings (SSSR count). The minimum atomic E-state index is 0.128. The molecule has 0 spiro atoms. The fraction of sp³-hybridized carbons (Fsp3) is 0.667. The van der Waals surface area contributed by atoms with E-state index in [4.69, 9.17) is 15.2 Å². The number of aromatic nitrogens is 2. The average Bonchev–Trinajstić information content (AvgIpc) is 2.67. The van der Waals surface area contributed by atoms with Gasteiger partial charge in [-0.05, 0) is 0 Å². The van der Waals surface area contributed by atoms with Gasteiger partial charge in [-0.2, -0.15) is 0 Å². The lowest BCUT2D eigenvalue weighted by Crippen LogP contribution is -2.32. The topological polar surface area (TPSA) is 62.3 Å². The molecule has 2 heterocycles. The van der Waals surface area contributed by atoms with Crippen molar-refractivity contribution in [3.8, 4) is 0 Å². The van der Waals surface area contributed by atoms with E-state index >= 15 is 0 Å². The molecule has 2 N–H and O–H groups in total. The summed E-state index contributed by atoms with van der Waals surface area (Å²) in [6.45, 7) is 3.31. The van der Waals surface area contributed by atoms with Crippen LogP contribution in [0.3, 0.4) is 0 Å². The molecule has 5 heteroatoms. The third-order valence-corrected chi connectivity index (χ3v) is 2.29. The Morgan fingerprint density at radius 1 is 1.57 bits per heavy atom. The molecule has 1 unspecified atom stereocenters. The number of rotatable bonds is 3. The molecule has 5 nitrogen and oxygen atoms in total. The van der Waals surface area contributed by atoms with E-state index in [9.17, 15) is 0 Å². The first-order chi connectivity index (χ1) is 6.90. The molecule has 1 aromatic rings. The summed E-state index contributed by atoms with van der Waals surface area (Å²) in [6.07, 6.45) is 3.69. The van der Waals surface area contributed by atoms with Crippen LogP contribution in [-0.2, 0) is 22.6 Å². The second-order valence-electron chi connectivity index (χ2n) is 3.31. The Morgan fingerprint density at radius 3 is 3.21 bits per heavy atom. The maximum Gasteiger partial charge on any atom is 0.0988 e. The predicted molar refractivity (Wildman–Crippen MR) is 50.7 cm³/mol. The van der Waals surface area contributed by atoms with Gasteiger partial charge >= 0.3 is 0 Å². The number of ether oxygens (including phenoxy) is 2. The first-order valence-electron chi connectivity index (χ1n) is 4.78. The Bertz CT molecular complexity index is 281. The highest BCUT2D eigenvalue weighted by molar-refractivity contribution is 4.97. The fourth-order valence-corrected chi connectivity index (χ4v) is 1.54. The van der Waals surface area contributed by atoms with Gasteiger partial charge in [-0.25, -0.2) is 4.98 Å². The van der Waals surface area contributed by atoms with Gasteiger partial charge in [-0.15, -0.1) is 0 Å². The second-order valence-corrected chi connectivity index (χ2v) is 3.31. The molecule has 0 aromatic carbocycles. The van der Waals surface area contributed by atoms with Gasteiger partial charge in [0.15, 0.2) is 0 Å². The van der Waals surface area contributed by atoms with Crippen LogP contribution in [0.25, 0.3) is 0 Å². The van der Waals surface area contributed by atoms with Crippen molar-refractivity contribution in [2.75, 3.05) is 19.8 Å². The highest BCUT2D eigenvalue weighted by atomic mass is 16.6. The summed E-state index contributed by atoms with van der Waals surface area (Å²) >= 11 is 0. The van der Waals surface area contributed by atoms with Gasteiger partial charge in [0.05, 0.1) is 44.5 Å². The third-order valence-electron chi connectivity index (χ3n) is 2.29. The summed E-state index contributed by atoms with van der Waals surface area (Å²) in [7, 11) is 0. The molecule has 78 valence electrons. The molecule has 1 aliphatic heterocycles. The summed E-state index contributed by atoms with van der Waals surface area (Å²) in [6, 6.07) is 0. The van der Waals surface area contributed by atoms with Crippen molar-refractivity contribution in [1.29, 1.82) is 0 Å². The first-order valence-corrected chi connectivity index (χ1v) is 4.78. The summed E-state index contributed by atoms with van der Waals surface area (Å²) in [5.41, 5.74) is 6.59. The zero-order valence-electron chi connectivity index (χ0n) is 8.06. The standard InChI is InChI=1S/C9H15N3O2/c10-3-8-4-11-7-12(8)5-9-6-13-1-2-14-9/h4,7,9H,1-3,5-6,10H2. The monoisotopic (exact) mass is 197 g/mol. The van der Waals surface area contributed by atoms with E-state index in [1.165, 1.54) is 0 Å². The predicted octanol–water partition coefficient (Wildman–Crippen LogP) is -0.243. The number of nitrogens with zero attached hydrogens (tertiary/aromatic N) is 2. The average molecular weight is 197 g/mol. The lowest BCUT2D eigenvalue weighted by molar-refractivity contribution is -0.0937. The summed E-state index contributed by atoms with van der Waals surface area (Å²) in [5.74, 6) is 0. The van der Waals surface area contributed by atoms with Gasteiger partial charge in [-0.1, -0.05) is 0 Å². The molecule has 1 aliphatic rings. The van der Waals surface area contributed by atoms with Crippen molar-refractivity contribution in [2.45, 2.75) is 19.2 Å². The molecule has 0 amide bonds. The van der Waals surface area contributed by atoms with E-state index in [0.717, 1.165) is 12.2 Å². The second kappa shape index (κ2) is 4.54. The van der Waals surface area contributed by atoms with Crippen LogP contribution < -0.4 is 5.73 Å². The molecule has 0 saturated carbocycles. The summed E-state index contributed by atoms with van der Waals surface area (Å²) < 4.78 is 12.9. The Labute approximate surface area is 82.8 Å². The zero-order valence-corrected chi connectivity index (χ0v) is 8.06. The highest BCUT2D eigenvalue weighted by Crippen LogP contribution is 2.06. The van der Waals surface area contributed by atoms with Crippen molar-refractivity contribution in [1.82, 2.24) is 9.55 Å². The van der Waals surface area contributed by atoms with E-state index in [-0.39, 0.29) is 6.10 Å². The Hall–Kier alpha value is -0.910. The van der Waals surface area contributed by atoms with E-state index in [2.05, 4.69) is 4.98 Å². The van der Waals surface area contributed by atoms with E-state index in [1.807, 2.05) is 4.57 Å². The molecule has 0 bridgehead atoms. The summed E-state index contributed by atoms with van der Waals surface area (Å²) in [4.78, 5) is 4.05. The van der Waals surface area contributed by atoms with Gasteiger partial charge in [0.2, 0.25) is 0 Å². The molecule has 14 heavy (non-hydrogen) atoms. The summed E-state index contributed by atoms with van der Waals surface area (Å²) in [5, 5.41) is 0. The first kappa shape index (κ1) is 9.64. The Balaban J connectivity index is 1.95. The van der Waals surface area contributed by atoms with E-state index in [0.29, 0.717) is 26.4 Å². The van der Waals surface area contributed by atoms with Crippen LogP contribution in [0.4, 0.5) is 0 Å². The Morgan fingerprint density at radius 2 is 2.50 bits per heavy atom. The Kier molecular flexibility index (Phi) is 3.13. The van der Waals surface area contributed by atoms with Crippen LogP contribution >= 0.6 is 0 Å². The van der Waals surface area contributed by atoms with Crippen LogP contribution in [0.2, 0.25) is 0 Å². The minimum absolute atomic E-state index is 0.128. The van der Waals surface area contributed by atoms with Crippen molar-refractivity contribution < 1.29 is 9.47 Å². The number of hydrogen-bond acceptors (Lipinski definition) is 4. The van der Waals surface area contributed by atoms with Gasteiger partial charge in [0.1, 0.15) is 0 Å².